The lowest BCUT2D eigenvalue weighted by molar-refractivity contribution is -0.138. The Hall–Kier alpha value is -3.14. The minimum atomic E-state index is -1.02. The van der Waals surface area contributed by atoms with Gasteiger partial charge in [0.25, 0.3) is 11.5 Å². The van der Waals surface area contributed by atoms with Gasteiger partial charge in [-0.3, -0.25) is 9.59 Å². The molecule has 0 aliphatic heterocycles. The number of H-pyrrole nitrogens is 1. The van der Waals surface area contributed by atoms with E-state index in [1.54, 1.807) is 24.3 Å². The number of nitrogens with one attached hydrogen (secondary N) is 1. The first-order valence-corrected chi connectivity index (χ1v) is 7.39. The van der Waals surface area contributed by atoms with E-state index in [-0.39, 0.29) is 18.7 Å². The normalized spacial score (nSPS) is 11.5. The third-order valence-electron chi connectivity index (χ3n) is 3.54. The van der Waals surface area contributed by atoms with Crippen molar-refractivity contribution in [1.29, 1.82) is 5.26 Å². The Labute approximate surface area is 138 Å². The SMILES string of the molecule is C[C@@H](OC(=O)c1cc2ccccc2c(=O)[nH]1)C(=O)N(C)CCC#N. The Morgan fingerprint density at radius 1 is 1.38 bits per heavy atom. The fourth-order valence-corrected chi connectivity index (χ4v) is 2.23. The summed E-state index contributed by atoms with van der Waals surface area (Å²) in [4.78, 5) is 40.0. The monoisotopic (exact) mass is 327 g/mol. The van der Waals surface area contributed by atoms with Crippen LogP contribution in [0.3, 0.4) is 0 Å². The number of nitriles is 1. The minimum absolute atomic E-state index is 0.0157. The van der Waals surface area contributed by atoms with E-state index in [0.717, 1.165) is 0 Å². The van der Waals surface area contributed by atoms with E-state index < -0.39 is 23.5 Å². The summed E-state index contributed by atoms with van der Waals surface area (Å²) in [6, 6.07) is 10.3. The van der Waals surface area contributed by atoms with Crippen LogP contribution in [0.4, 0.5) is 0 Å². The number of aromatic amines is 1. The van der Waals surface area contributed by atoms with Crippen LogP contribution < -0.4 is 5.56 Å². The predicted octanol–water partition coefficient (Wildman–Crippen LogP) is 1.45. The second-order valence-electron chi connectivity index (χ2n) is 5.31. The number of carbonyl (C=O) groups excluding carboxylic acids is 2. The second-order valence-corrected chi connectivity index (χ2v) is 5.31. The molecule has 1 N–H and O–H groups in total. The molecule has 0 aliphatic carbocycles. The van der Waals surface area contributed by atoms with Gasteiger partial charge >= 0.3 is 5.97 Å². The number of ether oxygens (including phenoxy) is 1. The van der Waals surface area contributed by atoms with Crippen LogP contribution in [0.1, 0.15) is 23.8 Å². The molecule has 124 valence electrons. The van der Waals surface area contributed by atoms with E-state index in [4.69, 9.17) is 10.00 Å². The van der Waals surface area contributed by atoms with Crippen molar-refractivity contribution in [1.82, 2.24) is 9.88 Å². The highest BCUT2D eigenvalue weighted by Crippen LogP contribution is 2.11. The molecule has 0 spiro atoms. The molecule has 2 rings (SSSR count). The highest BCUT2D eigenvalue weighted by Gasteiger charge is 2.22. The summed E-state index contributed by atoms with van der Waals surface area (Å²) in [6.07, 6.45) is -0.822. The smallest absolute Gasteiger partial charge is 0.355 e. The van der Waals surface area contributed by atoms with Crippen LogP contribution in [-0.2, 0) is 9.53 Å². The van der Waals surface area contributed by atoms with E-state index in [9.17, 15) is 14.4 Å². The lowest BCUT2D eigenvalue weighted by Gasteiger charge is -2.20. The first-order chi connectivity index (χ1) is 11.4. The summed E-state index contributed by atoms with van der Waals surface area (Å²) in [6.45, 7) is 1.70. The number of benzene rings is 1. The van der Waals surface area contributed by atoms with Crippen LogP contribution in [-0.4, -0.2) is 41.5 Å². The number of amides is 1. The standard InChI is InChI=1S/C17H17N3O4/c1-11(16(22)20(2)9-5-8-18)24-17(23)14-10-12-6-3-4-7-13(12)15(21)19-14/h3-4,6-7,10-11H,5,9H2,1-2H3,(H,19,21)/t11-/m1/s1. The summed E-state index contributed by atoms with van der Waals surface area (Å²) in [5.41, 5.74) is -0.414. The van der Waals surface area contributed by atoms with E-state index in [1.807, 2.05) is 6.07 Å². The van der Waals surface area contributed by atoms with Gasteiger partial charge in [-0.15, -0.1) is 0 Å². The molecule has 1 heterocycles. The number of esters is 1. The van der Waals surface area contributed by atoms with E-state index >= 15 is 0 Å². The molecule has 1 aromatic carbocycles. The molecule has 7 nitrogen and oxygen atoms in total. The van der Waals surface area contributed by atoms with Crippen LogP contribution in [0.25, 0.3) is 10.8 Å². The van der Waals surface area contributed by atoms with Gasteiger partial charge in [0.2, 0.25) is 0 Å². The average Bonchev–Trinajstić information content (AvgIpc) is 2.58. The van der Waals surface area contributed by atoms with Gasteiger partial charge in [-0.2, -0.15) is 5.26 Å². The molecular weight excluding hydrogens is 310 g/mol. The average molecular weight is 327 g/mol. The molecular formula is C17H17N3O4. The van der Waals surface area contributed by atoms with Crippen LogP contribution in [0, 0.1) is 11.3 Å². The van der Waals surface area contributed by atoms with Crippen molar-refractivity contribution < 1.29 is 14.3 Å². The number of carbonyl (C=O) groups is 2. The second kappa shape index (κ2) is 7.42. The van der Waals surface area contributed by atoms with Crippen LogP contribution in [0.5, 0.6) is 0 Å². The van der Waals surface area contributed by atoms with Gasteiger partial charge in [-0.25, -0.2) is 4.79 Å². The lowest BCUT2D eigenvalue weighted by atomic mass is 10.1. The number of fused-ring (bicyclic) bond motifs is 1. The number of pyridine rings is 1. The largest absolute Gasteiger partial charge is 0.448 e. The van der Waals surface area contributed by atoms with E-state index in [1.165, 1.54) is 24.9 Å². The highest BCUT2D eigenvalue weighted by atomic mass is 16.5. The maximum absolute atomic E-state index is 12.2. The summed E-state index contributed by atoms with van der Waals surface area (Å²) < 4.78 is 5.12. The van der Waals surface area contributed by atoms with Crippen LogP contribution in [0.15, 0.2) is 35.1 Å². The van der Waals surface area contributed by atoms with Crippen molar-refractivity contribution in [3.8, 4) is 6.07 Å². The first kappa shape index (κ1) is 17.2. The van der Waals surface area contributed by atoms with Crippen LogP contribution in [0.2, 0.25) is 0 Å². The van der Waals surface area contributed by atoms with Gasteiger partial charge in [0.15, 0.2) is 6.10 Å². The van der Waals surface area contributed by atoms with Gasteiger partial charge in [0.05, 0.1) is 12.5 Å². The van der Waals surface area contributed by atoms with Gasteiger partial charge in [-0.1, -0.05) is 18.2 Å². The Morgan fingerprint density at radius 3 is 2.79 bits per heavy atom. The molecule has 1 atom stereocenters. The van der Waals surface area contributed by atoms with Crippen molar-refractivity contribution in [2.24, 2.45) is 0 Å². The minimum Gasteiger partial charge on any atom is -0.448 e. The van der Waals surface area contributed by atoms with Gasteiger partial charge in [-0.05, 0) is 24.4 Å². The Morgan fingerprint density at radius 2 is 2.08 bits per heavy atom. The predicted molar refractivity (Wildman–Crippen MR) is 87.3 cm³/mol. The Bertz CT molecular complexity index is 866. The number of likely N-dealkylation sites (N-methyl/N-ethyl adjacent to an activating group) is 1. The molecule has 1 amide bonds. The highest BCUT2D eigenvalue weighted by molar-refractivity contribution is 5.94. The fraction of sp³-hybridized carbons (Fsp3) is 0.294. The molecule has 0 aliphatic rings. The zero-order valence-electron chi connectivity index (χ0n) is 13.4. The molecule has 24 heavy (non-hydrogen) atoms. The van der Waals surface area contributed by atoms with Crippen LogP contribution >= 0.6 is 0 Å². The third kappa shape index (κ3) is 3.79. The molecule has 0 saturated carbocycles. The maximum Gasteiger partial charge on any atom is 0.355 e. The topological polar surface area (TPSA) is 103 Å². The summed E-state index contributed by atoms with van der Waals surface area (Å²) >= 11 is 0. The molecule has 0 fully saturated rings. The molecule has 0 radical (unpaired) electrons. The number of rotatable bonds is 5. The zero-order chi connectivity index (χ0) is 17.7. The molecule has 0 unspecified atom stereocenters. The first-order valence-electron chi connectivity index (χ1n) is 7.39. The number of nitrogens with zero attached hydrogens (tertiary/aromatic N) is 2. The third-order valence-corrected chi connectivity index (χ3v) is 3.54. The molecule has 2 aromatic rings. The molecule has 0 bridgehead atoms. The Balaban J connectivity index is 2.13. The van der Waals surface area contributed by atoms with Gasteiger partial charge < -0.3 is 14.6 Å². The summed E-state index contributed by atoms with van der Waals surface area (Å²) in [7, 11) is 1.53. The van der Waals surface area contributed by atoms with Crippen molar-refractivity contribution in [3.63, 3.8) is 0 Å². The van der Waals surface area contributed by atoms with Crippen molar-refractivity contribution in [3.05, 3.63) is 46.4 Å². The van der Waals surface area contributed by atoms with Crippen molar-refractivity contribution in [2.75, 3.05) is 13.6 Å². The van der Waals surface area contributed by atoms with E-state index in [2.05, 4.69) is 4.98 Å². The number of hydrogen-bond acceptors (Lipinski definition) is 5. The summed E-state index contributed by atoms with van der Waals surface area (Å²) in [5, 5.41) is 9.61. The maximum atomic E-state index is 12.2. The number of aromatic nitrogens is 1. The van der Waals surface area contributed by atoms with Crippen molar-refractivity contribution in [2.45, 2.75) is 19.4 Å². The number of hydrogen-bond donors (Lipinski definition) is 1. The van der Waals surface area contributed by atoms with Crippen molar-refractivity contribution >= 4 is 22.6 Å². The molecule has 7 heteroatoms. The zero-order valence-corrected chi connectivity index (χ0v) is 13.4. The fourth-order valence-electron chi connectivity index (χ4n) is 2.23. The van der Waals surface area contributed by atoms with Gasteiger partial charge in [0, 0.05) is 19.0 Å². The molecule has 1 aromatic heterocycles. The Kier molecular flexibility index (Phi) is 5.32. The summed E-state index contributed by atoms with van der Waals surface area (Å²) in [5.74, 6) is -1.20. The lowest BCUT2D eigenvalue weighted by Crippen LogP contribution is -2.38. The molecule has 0 saturated heterocycles. The van der Waals surface area contributed by atoms with Gasteiger partial charge in [0.1, 0.15) is 5.69 Å². The van der Waals surface area contributed by atoms with E-state index in [0.29, 0.717) is 10.8 Å². The quantitative estimate of drug-likeness (QED) is 0.837.